The first-order valence-electron chi connectivity index (χ1n) is 14.5. The van der Waals surface area contributed by atoms with Gasteiger partial charge < -0.3 is 16.4 Å². The maximum Gasteiger partial charge on any atom is 0.245 e. The van der Waals surface area contributed by atoms with Gasteiger partial charge in [-0.15, -0.1) is 5.10 Å². The van der Waals surface area contributed by atoms with Gasteiger partial charge in [0.15, 0.2) is 0 Å². The number of nitrogens with one attached hydrogen (secondary N) is 2. The number of carbonyl (C=O) groups excluding carboxylic acids is 1. The highest BCUT2D eigenvalue weighted by Gasteiger charge is 2.46. The first-order chi connectivity index (χ1) is 21.1. The fourth-order valence-corrected chi connectivity index (χ4v) is 5.70. The number of amides is 1. The number of anilines is 2. The summed E-state index contributed by atoms with van der Waals surface area (Å²) in [5, 5.41) is 38.6. The molecule has 3 aromatic heterocycles. The molecule has 4 N–H and O–H groups in total. The second-order valence-electron chi connectivity index (χ2n) is 12.5. The molecule has 0 bridgehead atoms. The van der Waals surface area contributed by atoms with Crippen molar-refractivity contribution in [1.82, 2.24) is 25.0 Å². The second kappa shape index (κ2) is 10.9. The lowest BCUT2D eigenvalue weighted by molar-refractivity contribution is -0.131. The minimum atomic E-state index is -0.887. The molecule has 1 saturated carbocycles. The van der Waals surface area contributed by atoms with Crippen LogP contribution in [0.5, 0.6) is 0 Å². The minimum Gasteiger partial charge on any atom is -0.383 e. The van der Waals surface area contributed by atoms with E-state index in [1.807, 2.05) is 30.3 Å². The molecule has 0 unspecified atom stereocenters. The normalized spacial score (nSPS) is 14.8. The molecule has 5 aromatic rings. The summed E-state index contributed by atoms with van der Waals surface area (Å²) < 4.78 is 1.59. The van der Waals surface area contributed by atoms with E-state index < -0.39 is 17.5 Å². The lowest BCUT2D eigenvalue weighted by Gasteiger charge is -2.38. The average Bonchev–Trinajstić information content (AvgIpc) is 3.46. The predicted molar refractivity (Wildman–Crippen MR) is 167 cm³/mol. The molecule has 0 aliphatic heterocycles. The second-order valence-corrected chi connectivity index (χ2v) is 12.5. The van der Waals surface area contributed by atoms with E-state index >= 15 is 0 Å². The van der Waals surface area contributed by atoms with Gasteiger partial charge in [0.1, 0.15) is 23.4 Å². The summed E-state index contributed by atoms with van der Waals surface area (Å²) in [6.45, 7) is 6.92. The molecular formula is C33H32N10O. The van der Waals surface area contributed by atoms with E-state index in [2.05, 4.69) is 63.8 Å². The van der Waals surface area contributed by atoms with Crippen molar-refractivity contribution >= 4 is 39.0 Å². The van der Waals surface area contributed by atoms with E-state index in [-0.39, 0.29) is 5.41 Å². The number of nitriles is 2. The Morgan fingerprint density at radius 1 is 1.11 bits per heavy atom. The molecule has 3 heterocycles. The van der Waals surface area contributed by atoms with Gasteiger partial charge in [-0.25, -0.2) is 4.68 Å². The minimum absolute atomic E-state index is 0.0565. The summed E-state index contributed by atoms with van der Waals surface area (Å²) in [4.78, 5) is 21.2. The standard InChI is InChI=1S/C33H32N10O/c1-32(2,3)19-39-29-22(15-35)17-38-28-21(14-34)12-23(13-26(28)29)40-30(25-7-4-6-20-16-37-11-8-24(20)25)27-18-43(42-41-27)33(31(36)44)9-5-10-33/h4,6-8,11-13,16-18,30,40H,5,9-10,19H2,1-3H3,(H2,36,44)(H,38,39)/t30-/m0/s1. The first kappa shape index (κ1) is 28.6. The van der Waals surface area contributed by atoms with Crippen LogP contribution in [-0.4, -0.2) is 37.4 Å². The van der Waals surface area contributed by atoms with E-state index in [0.29, 0.717) is 58.5 Å². The number of pyridine rings is 2. The molecule has 1 fully saturated rings. The summed E-state index contributed by atoms with van der Waals surface area (Å²) in [6, 6.07) is 15.5. The Balaban J connectivity index is 1.51. The lowest BCUT2D eigenvalue weighted by Crippen LogP contribution is -2.51. The van der Waals surface area contributed by atoms with Crippen LogP contribution >= 0.6 is 0 Å². The molecule has 0 radical (unpaired) electrons. The molecule has 2 aromatic carbocycles. The van der Waals surface area contributed by atoms with Crippen LogP contribution in [0.1, 0.15) is 68.5 Å². The number of primary amides is 1. The van der Waals surface area contributed by atoms with E-state index in [9.17, 15) is 15.3 Å². The predicted octanol–water partition coefficient (Wildman–Crippen LogP) is 5.14. The number of rotatable bonds is 8. The van der Waals surface area contributed by atoms with E-state index in [4.69, 9.17) is 5.73 Å². The van der Waals surface area contributed by atoms with Gasteiger partial charge in [0.25, 0.3) is 0 Å². The van der Waals surface area contributed by atoms with Gasteiger partial charge in [0, 0.05) is 41.6 Å². The topological polar surface area (TPSA) is 171 Å². The van der Waals surface area contributed by atoms with Crippen molar-refractivity contribution in [3.05, 3.63) is 83.6 Å². The first-order valence-corrected chi connectivity index (χ1v) is 14.5. The van der Waals surface area contributed by atoms with Crippen molar-refractivity contribution < 1.29 is 4.79 Å². The molecule has 6 rings (SSSR count). The molecule has 44 heavy (non-hydrogen) atoms. The molecule has 1 amide bonds. The smallest absolute Gasteiger partial charge is 0.245 e. The van der Waals surface area contributed by atoms with Crippen LogP contribution in [0.2, 0.25) is 0 Å². The monoisotopic (exact) mass is 584 g/mol. The molecular weight excluding hydrogens is 552 g/mol. The van der Waals surface area contributed by atoms with Crippen molar-refractivity contribution in [2.75, 3.05) is 17.2 Å². The molecule has 1 aliphatic rings. The van der Waals surface area contributed by atoms with Crippen LogP contribution in [0.4, 0.5) is 11.4 Å². The van der Waals surface area contributed by atoms with Crippen LogP contribution in [0.15, 0.2) is 61.2 Å². The number of carbonyl (C=O) groups is 1. The lowest BCUT2D eigenvalue weighted by atomic mass is 9.76. The van der Waals surface area contributed by atoms with Crippen molar-refractivity contribution in [2.24, 2.45) is 11.1 Å². The van der Waals surface area contributed by atoms with Crippen molar-refractivity contribution in [1.29, 1.82) is 10.5 Å². The van der Waals surface area contributed by atoms with Crippen molar-refractivity contribution in [3.8, 4) is 12.1 Å². The molecule has 11 nitrogen and oxygen atoms in total. The molecule has 0 saturated heterocycles. The Labute approximate surface area is 254 Å². The maximum absolute atomic E-state index is 12.5. The van der Waals surface area contributed by atoms with Gasteiger partial charge in [-0.2, -0.15) is 10.5 Å². The van der Waals surface area contributed by atoms with Crippen molar-refractivity contribution in [3.63, 3.8) is 0 Å². The Kier molecular flexibility index (Phi) is 7.10. The highest BCUT2D eigenvalue weighted by atomic mass is 16.1. The number of fused-ring (bicyclic) bond motifs is 2. The number of hydrogen-bond donors (Lipinski definition) is 3. The summed E-state index contributed by atoms with van der Waals surface area (Å²) in [5.74, 6) is -0.426. The SMILES string of the molecule is CC(C)(C)CNc1c(C#N)cnc2c(C#N)cc(N[C@H](c3cn(C4(C(N)=O)CCC4)nn3)c3cccc4cnccc34)cc12. The quantitative estimate of drug-likeness (QED) is 0.223. The number of nitrogens with zero attached hydrogens (tertiary/aromatic N) is 7. The van der Waals surface area contributed by atoms with E-state index in [1.54, 1.807) is 29.3 Å². The molecule has 1 aliphatic carbocycles. The van der Waals surface area contributed by atoms with E-state index in [0.717, 1.165) is 22.8 Å². The van der Waals surface area contributed by atoms with Crippen LogP contribution in [0, 0.1) is 28.1 Å². The van der Waals surface area contributed by atoms with E-state index in [1.165, 1.54) is 6.20 Å². The highest BCUT2D eigenvalue weighted by Crippen LogP contribution is 2.40. The van der Waals surface area contributed by atoms with Gasteiger partial charge in [0.05, 0.1) is 34.6 Å². The third kappa shape index (κ3) is 5.03. The maximum atomic E-state index is 12.5. The van der Waals surface area contributed by atoms with Crippen molar-refractivity contribution in [2.45, 2.75) is 51.6 Å². The zero-order chi connectivity index (χ0) is 31.1. The average molecular weight is 585 g/mol. The summed E-state index contributed by atoms with van der Waals surface area (Å²) in [7, 11) is 0. The number of aromatic nitrogens is 5. The van der Waals surface area contributed by atoms with Gasteiger partial charge in [-0.3, -0.25) is 14.8 Å². The molecule has 11 heteroatoms. The zero-order valence-electron chi connectivity index (χ0n) is 24.8. The number of hydrogen-bond acceptors (Lipinski definition) is 9. The van der Waals surface area contributed by atoms with Gasteiger partial charge in [-0.05, 0) is 53.8 Å². The highest BCUT2D eigenvalue weighted by molar-refractivity contribution is 5.99. The zero-order valence-corrected chi connectivity index (χ0v) is 24.8. The summed E-state index contributed by atoms with van der Waals surface area (Å²) in [5.41, 5.74) is 8.87. The van der Waals surface area contributed by atoms with Crippen LogP contribution in [0.25, 0.3) is 21.7 Å². The van der Waals surface area contributed by atoms with Crippen LogP contribution in [-0.2, 0) is 10.3 Å². The Bertz CT molecular complexity index is 1980. The fourth-order valence-electron chi connectivity index (χ4n) is 5.70. The van der Waals surface area contributed by atoms with Gasteiger partial charge in [-0.1, -0.05) is 44.2 Å². The Morgan fingerprint density at radius 2 is 1.91 bits per heavy atom. The van der Waals surface area contributed by atoms with Crippen LogP contribution in [0.3, 0.4) is 0 Å². The third-order valence-corrected chi connectivity index (χ3v) is 8.23. The van der Waals surface area contributed by atoms with Crippen LogP contribution < -0.4 is 16.4 Å². The molecule has 1 atom stereocenters. The number of nitrogens with two attached hydrogens (primary N) is 1. The Morgan fingerprint density at radius 3 is 2.59 bits per heavy atom. The van der Waals surface area contributed by atoms with Gasteiger partial charge in [0.2, 0.25) is 5.91 Å². The Hall–Kier alpha value is -5.55. The largest absolute Gasteiger partial charge is 0.383 e. The summed E-state index contributed by atoms with van der Waals surface area (Å²) >= 11 is 0. The fraction of sp³-hybridized carbons (Fsp3) is 0.303. The van der Waals surface area contributed by atoms with Gasteiger partial charge >= 0.3 is 0 Å². The third-order valence-electron chi connectivity index (χ3n) is 8.23. The molecule has 220 valence electrons. The summed E-state index contributed by atoms with van der Waals surface area (Å²) in [6.07, 6.45) is 8.92. The molecule has 0 spiro atoms. The number of benzene rings is 2.